The van der Waals surface area contributed by atoms with E-state index in [4.69, 9.17) is 0 Å². The van der Waals surface area contributed by atoms with E-state index >= 15 is 0 Å². The van der Waals surface area contributed by atoms with Gasteiger partial charge in [0.15, 0.2) is 25.9 Å². The molecule has 1 amide bonds. The van der Waals surface area contributed by atoms with Gasteiger partial charge in [-0.05, 0) is 26.0 Å². The molecule has 2 aromatic heterocycles. The second-order valence-corrected chi connectivity index (χ2v) is 10.5. The summed E-state index contributed by atoms with van der Waals surface area (Å²) in [5.74, 6) is -0.332. The van der Waals surface area contributed by atoms with E-state index in [1.54, 1.807) is 41.8 Å². The lowest BCUT2D eigenvalue weighted by Gasteiger charge is -2.08. The number of carbonyl (C=O) groups excluding carboxylic acids is 2. The number of sulfone groups is 1. The van der Waals surface area contributed by atoms with Gasteiger partial charge in [-0.25, -0.2) is 13.4 Å². The summed E-state index contributed by atoms with van der Waals surface area (Å²) in [6.45, 7) is 5.49. The molecule has 0 radical (unpaired) electrons. The maximum Gasteiger partial charge on any atom is 0.236 e. The maximum atomic E-state index is 12.6. The first-order chi connectivity index (χ1) is 14.7. The molecule has 1 aromatic carbocycles. The summed E-state index contributed by atoms with van der Waals surface area (Å²) in [4.78, 5) is 28.7. The van der Waals surface area contributed by atoms with Gasteiger partial charge < -0.3 is 9.88 Å². The zero-order chi connectivity index (χ0) is 22.6. The van der Waals surface area contributed by atoms with Crippen LogP contribution >= 0.6 is 23.1 Å². The molecule has 12 heteroatoms. The number of nitrogens with zero attached hydrogens (tertiary/aromatic N) is 4. The highest BCUT2D eigenvalue weighted by Crippen LogP contribution is 2.24. The number of aryl methyl sites for hydroxylation is 1. The lowest BCUT2D eigenvalue weighted by Crippen LogP contribution is -2.15. The zero-order valence-corrected chi connectivity index (χ0v) is 19.6. The van der Waals surface area contributed by atoms with Crippen molar-refractivity contribution in [2.45, 2.75) is 43.1 Å². The minimum absolute atomic E-state index is 0.0393. The van der Waals surface area contributed by atoms with Crippen molar-refractivity contribution in [1.82, 2.24) is 19.7 Å². The lowest BCUT2D eigenvalue weighted by atomic mass is 10.3. The van der Waals surface area contributed by atoms with E-state index in [1.165, 1.54) is 6.92 Å². The van der Waals surface area contributed by atoms with Crippen LogP contribution in [0.4, 0.5) is 5.13 Å². The van der Waals surface area contributed by atoms with Crippen molar-refractivity contribution in [2.24, 2.45) is 0 Å². The van der Waals surface area contributed by atoms with Gasteiger partial charge in [0.25, 0.3) is 0 Å². The normalized spacial score (nSPS) is 11.5. The molecule has 0 saturated carbocycles. The molecule has 0 fully saturated rings. The molecule has 0 aliphatic rings. The fourth-order valence-corrected chi connectivity index (χ4v) is 5.78. The highest BCUT2D eigenvalue weighted by atomic mass is 32.2. The van der Waals surface area contributed by atoms with Gasteiger partial charge in [-0.1, -0.05) is 41.3 Å². The molecule has 3 rings (SSSR count). The Balaban J connectivity index is 1.66. The highest BCUT2D eigenvalue weighted by molar-refractivity contribution is 7.99. The number of hydrogen-bond donors (Lipinski definition) is 1. The van der Waals surface area contributed by atoms with Crippen molar-refractivity contribution in [3.63, 3.8) is 0 Å². The smallest absolute Gasteiger partial charge is 0.236 e. The van der Waals surface area contributed by atoms with Crippen LogP contribution in [0.15, 0.2) is 40.4 Å². The van der Waals surface area contributed by atoms with Crippen molar-refractivity contribution < 1.29 is 18.0 Å². The summed E-state index contributed by atoms with van der Waals surface area (Å²) < 4.78 is 27.0. The third-order valence-electron chi connectivity index (χ3n) is 4.23. The van der Waals surface area contributed by atoms with Gasteiger partial charge in [0, 0.05) is 13.5 Å². The molecular weight excluding hydrogens is 458 g/mol. The lowest BCUT2D eigenvalue weighted by molar-refractivity contribution is -0.113. The Bertz CT molecular complexity index is 1200. The van der Waals surface area contributed by atoms with E-state index < -0.39 is 9.84 Å². The van der Waals surface area contributed by atoms with E-state index in [0.717, 1.165) is 23.1 Å². The predicted molar refractivity (Wildman–Crippen MR) is 119 cm³/mol. The van der Waals surface area contributed by atoms with E-state index in [0.29, 0.717) is 33.2 Å². The first-order valence-electron chi connectivity index (χ1n) is 9.32. The van der Waals surface area contributed by atoms with Crippen molar-refractivity contribution in [2.75, 3.05) is 11.1 Å². The van der Waals surface area contributed by atoms with E-state index in [9.17, 15) is 18.0 Å². The molecule has 1 N–H and O–H groups in total. The van der Waals surface area contributed by atoms with Crippen LogP contribution in [0.25, 0.3) is 0 Å². The second-order valence-electron chi connectivity index (χ2n) is 6.54. The average molecular weight is 480 g/mol. The molecular formula is C19H21N5O4S3. The van der Waals surface area contributed by atoms with Crippen LogP contribution in [0, 0.1) is 6.92 Å². The van der Waals surface area contributed by atoms with Crippen LogP contribution in [0.5, 0.6) is 0 Å². The number of rotatable bonds is 9. The number of anilines is 1. The number of benzene rings is 1. The van der Waals surface area contributed by atoms with Gasteiger partial charge >= 0.3 is 0 Å². The second kappa shape index (κ2) is 9.71. The monoisotopic (exact) mass is 479 g/mol. The number of hydrogen-bond acceptors (Lipinski definition) is 9. The number of thiazole rings is 1. The van der Waals surface area contributed by atoms with Gasteiger partial charge in [0.1, 0.15) is 11.6 Å². The predicted octanol–water partition coefficient (Wildman–Crippen LogP) is 2.97. The highest BCUT2D eigenvalue weighted by Gasteiger charge is 2.21. The van der Waals surface area contributed by atoms with Gasteiger partial charge in [-0.2, -0.15) is 0 Å². The average Bonchev–Trinajstić information content (AvgIpc) is 3.29. The molecule has 0 bridgehead atoms. The fraction of sp³-hybridized carbons (Fsp3) is 0.316. The van der Waals surface area contributed by atoms with Crippen LogP contribution in [-0.2, 0) is 26.9 Å². The third kappa shape index (κ3) is 5.57. The Morgan fingerprint density at radius 1 is 1.19 bits per heavy atom. The van der Waals surface area contributed by atoms with Gasteiger partial charge in [-0.15, -0.1) is 10.2 Å². The molecule has 9 nitrogen and oxygen atoms in total. The summed E-state index contributed by atoms with van der Waals surface area (Å²) in [5, 5.41) is 11.6. The number of carbonyl (C=O) groups is 2. The largest absolute Gasteiger partial charge is 0.305 e. The van der Waals surface area contributed by atoms with Crippen LogP contribution in [-0.4, -0.2) is 45.6 Å². The SMILES string of the molecule is CCn1c(CS(=O)(=O)c2ccccc2)nnc1SCC(=O)Nc1nc(C)c(C(C)=O)s1. The molecule has 0 spiro atoms. The van der Waals surface area contributed by atoms with Crippen molar-refractivity contribution in [3.8, 4) is 0 Å². The maximum absolute atomic E-state index is 12.6. The molecule has 31 heavy (non-hydrogen) atoms. The molecule has 0 unspecified atom stereocenters. The number of nitrogens with one attached hydrogen (secondary N) is 1. The quantitative estimate of drug-likeness (QED) is 0.367. The standard InChI is InChI=1S/C19H21N5O4S3/c1-4-24-15(11-31(27,28)14-8-6-5-7-9-14)22-23-19(24)29-10-16(26)21-18-20-12(2)17(30-18)13(3)25/h5-9H,4,10-11H2,1-3H3,(H,20,21,26). The first-order valence-corrected chi connectivity index (χ1v) is 12.8. The molecule has 3 aromatic rings. The summed E-state index contributed by atoms with van der Waals surface area (Å²) in [6.07, 6.45) is 0. The summed E-state index contributed by atoms with van der Waals surface area (Å²) in [6, 6.07) is 8.17. The molecule has 0 aliphatic carbocycles. The number of thioether (sulfide) groups is 1. The molecule has 2 heterocycles. The summed E-state index contributed by atoms with van der Waals surface area (Å²) >= 11 is 2.28. The van der Waals surface area contributed by atoms with E-state index in [-0.39, 0.29) is 28.1 Å². The number of Topliss-reactive ketones (excluding diaryl/α,β-unsaturated/α-hetero) is 1. The number of aromatic nitrogens is 4. The molecule has 0 saturated heterocycles. The van der Waals surface area contributed by atoms with Crippen molar-refractivity contribution in [1.29, 1.82) is 0 Å². The van der Waals surface area contributed by atoms with Gasteiger partial charge in [0.05, 0.1) is 21.2 Å². The van der Waals surface area contributed by atoms with Crippen LogP contribution in [0.1, 0.15) is 35.0 Å². The van der Waals surface area contributed by atoms with Gasteiger partial charge in [0.2, 0.25) is 5.91 Å². The van der Waals surface area contributed by atoms with Gasteiger partial charge in [-0.3, -0.25) is 9.59 Å². The Kier molecular flexibility index (Phi) is 7.23. The Morgan fingerprint density at radius 3 is 2.52 bits per heavy atom. The Morgan fingerprint density at radius 2 is 1.90 bits per heavy atom. The third-order valence-corrected chi connectivity index (χ3v) is 8.00. The Hall–Kier alpha value is -2.57. The number of amides is 1. The molecule has 0 atom stereocenters. The van der Waals surface area contributed by atoms with Crippen LogP contribution < -0.4 is 5.32 Å². The van der Waals surface area contributed by atoms with Crippen molar-refractivity contribution in [3.05, 3.63) is 46.7 Å². The summed E-state index contributed by atoms with van der Waals surface area (Å²) in [5.41, 5.74) is 0.579. The first kappa shape index (κ1) is 23.1. The van der Waals surface area contributed by atoms with Crippen LogP contribution in [0.3, 0.4) is 0 Å². The van der Waals surface area contributed by atoms with E-state index in [2.05, 4.69) is 20.5 Å². The van der Waals surface area contributed by atoms with Crippen LogP contribution in [0.2, 0.25) is 0 Å². The summed E-state index contributed by atoms with van der Waals surface area (Å²) in [7, 11) is -3.56. The minimum atomic E-state index is -3.56. The zero-order valence-electron chi connectivity index (χ0n) is 17.2. The van der Waals surface area contributed by atoms with E-state index in [1.807, 2.05) is 6.92 Å². The minimum Gasteiger partial charge on any atom is -0.305 e. The molecule has 164 valence electrons. The Labute approximate surface area is 188 Å². The topological polar surface area (TPSA) is 124 Å². The van der Waals surface area contributed by atoms with Crippen molar-refractivity contribution >= 4 is 49.8 Å². The molecule has 0 aliphatic heterocycles. The number of ketones is 1. The fourth-order valence-electron chi connectivity index (χ4n) is 2.79.